The number of nitrogens with one attached hydrogen (secondary N) is 1. The van der Waals surface area contributed by atoms with Crippen LogP contribution in [0.1, 0.15) is 11.1 Å². The maximum absolute atomic E-state index is 15.3. The van der Waals surface area contributed by atoms with Crippen LogP contribution in [-0.2, 0) is 0 Å². The quantitative estimate of drug-likeness (QED) is 0.347. The zero-order chi connectivity index (χ0) is 25.3. The van der Waals surface area contributed by atoms with Crippen molar-refractivity contribution in [1.29, 1.82) is 5.41 Å². The number of aliphatic imine (C=N–C) groups is 1. The molecule has 1 aliphatic rings. The van der Waals surface area contributed by atoms with Gasteiger partial charge in [-0.1, -0.05) is 12.1 Å². The molecule has 0 unspecified atom stereocenters. The molecule has 1 aromatic heterocycles. The highest BCUT2D eigenvalue weighted by molar-refractivity contribution is 6.00. The van der Waals surface area contributed by atoms with Gasteiger partial charge in [0.05, 0.1) is 6.54 Å². The number of phenolic OH excluding ortho intramolecular Hbond substituents is 1. The van der Waals surface area contributed by atoms with E-state index >= 15 is 8.78 Å². The van der Waals surface area contributed by atoms with Crippen molar-refractivity contribution in [1.82, 2.24) is 9.88 Å². The Kier molecular flexibility index (Phi) is 6.41. The highest BCUT2D eigenvalue weighted by Gasteiger charge is 2.26. The number of anilines is 1. The van der Waals surface area contributed by atoms with Crippen LogP contribution in [0.15, 0.2) is 47.5 Å². The van der Waals surface area contributed by atoms with Crippen molar-refractivity contribution in [2.75, 3.05) is 39.1 Å². The molecule has 0 bridgehead atoms. The van der Waals surface area contributed by atoms with Gasteiger partial charge < -0.3 is 30.1 Å². The second-order valence-electron chi connectivity index (χ2n) is 8.05. The van der Waals surface area contributed by atoms with Gasteiger partial charge in [0.1, 0.15) is 23.1 Å². The van der Waals surface area contributed by atoms with Gasteiger partial charge in [0, 0.05) is 38.8 Å². The largest absolute Gasteiger partial charge is 0.504 e. The summed E-state index contributed by atoms with van der Waals surface area (Å²) < 4.78 is 41.6. The minimum absolute atomic E-state index is 0.212. The van der Waals surface area contributed by atoms with Crippen LogP contribution < -0.4 is 20.1 Å². The number of benzene rings is 2. The van der Waals surface area contributed by atoms with E-state index in [0.717, 1.165) is 17.9 Å². The van der Waals surface area contributed by atoms with Gasteiger partial charge in [-0.25, -0.2) is 0 Å². The first kappa shape index (κ1) is 23.7. The number of nitrogens with zero attached hydrogens (tertiary/aromatic N) is 4. The van der Waals surface area contributed by atoms with Crippen LogP contribution in [0.2, 0.25) is 0 Å². The summed E-state index contributed by atoms with van der Waals surface area (Å²) in [4.78, 5) is 11.6. The van der Waals surface area contributed by atoms with Crippen LogP contribution in [-0.4, -0.2) is 60.9 Å². The van der Waals surface area contributed by atoms with Crippen molar-refractivity contribution in [2.24, 2.45) is 10.7 Å². The predicted octanol–water partition coefficient (Wildman–Crippen LogP) is 3.69. The van der Waals surface area contributed by atoms with E-state index in [-0.39, 0.29) is 28.6 Å². The number of phenols is 1. The number of ether oxygens (including phenoxy) is 2. The monoisotopic (exact) mass is 482 g/mol. The van der Waals surface area contributed by atoms with E-state index in [9.17, 15) is 5.11 Å². The van der Waals surface area contributed by atoms with Crippen LogP contribution in [0.4, 0.5) is 14.5 Å². The smallest absolute Gasteiger partial charge is 0.261 e. The maximum atomic E-state index is 15.3. The first-order valence-corrected chi connectivity index (χ1v) is 10.6. The van der Waals surface area contributed by atoms with Gasteiger partial charge in [0.2, 0.25) is 11.6 Å². The average Bonchev–Trinajstić information content (AvgIpc) is 3.24. The van der Waals surface area contributed by atoms with E-state index < -0.39 is 29.1 Å². The number of pyridine rings is 1. The lowest BCUT2D eigenvalue weighted by atomic mass is 10.2. The first-order chi connectivity index (χ1) is 16.7. The maximum Gasteiger partial charge on any atom is 0.261 e. The zero-order valence-corrected chi connectivity index (χ0v) is 19.3. The lowest BCUT2D eigenvalue weighted by Gasteiger charge is -2.19. The minimum atomic E-state index is -1.09. The van der Waals surface area contributed by atoms with E-state index in [4.69, 9.17) is 20.6 Å². The molecule has 0 saturated heterocycles. The Balaban J connectivity index is 1.74. The fourth-order valence-corrected chi connectivity index (χ4v) is 3.54. The summed E-state index contributed by atoms with van der Waals surface area (Å²) in [6, 6.07) is 10.8. The number of nitrogens with two attached hydrogens (primary N) is 1. The Morgan fingerprint density at radius 1 is 1.11 bits per heavy atom. The molecule has 11 heteroatoms. The third kappa shape index (κ3) is 4.79. The topological polar surface area (TPSA) is 120 Å². The molecule has 2 heterocycles. The van der Waals surface area contributed by atoms with E-state index in [2.05, 4.69) is 9.98 Å². The summed E-state index contributed by atoms with van der Waals surface area (Å²) in [5, 5.41) is 17.7. The Labute approximate surface area is 200 Å². The summed E-state index contributed by atoms with van der Waals surface area (Å²) in [7, 11) is 4.83. The number of aromatic hydroxyl groups is 1. The normalized spacial score (nSPS) is 12.9. The molecule has 182 valence electrons. The second kappa shape index (κ2) is 9.45. The molecule has 0 aliphatic carbocycles. The van der Waals surface area contributed by atoms with Crippen LogP contribution in [0.3, 0.4) is 0 Å². The molecule has 0 fully saturated rings. The van der Waals surface area contributed by atoms with E-state index in [1.54, 1.807) is 18.2 Å². The van der Waals surface area contributed by atoms with Gasteiger partial charge in [-0.05, 0) is 30.3 Å². The molecule has 1 aliphatic heterocycles. The van der Waals surface area contributed by atoms with Crippen molar-refractivity contribution in [2.45, 2.75) is 0 Å². The number of aromatic nitrogens is 1. The van der Waals surface area contributed by atoms with Crippen LogP contribution >= 0.6 is 0 Å². The van der Waals surface area contributed by atoms with Crippen molar-refractivity contribution in [3.63, 3.8) is 0 Å². The molecule has 2 aromatic carbocycles. The molecular weight excluding hydrogens is 458 g/mol. The molecule has 0 atom stereocenters. The first-order valence-electron chi connectivity index (χ1n) is 10.6. The van der Waals surface area contributed by atoms with Crippen molar-refractivity contribution < 1.29 is 23.4 Å². The molecule has 4 N–H and O–H groups in total. The summed E-state index contributed by atoms with van der Waals surface area (Å²) in [6.07, 6.45) is 0. The van der Waals surface area contributed by atoms with E-state index in [0.29, 0.717) is 6.54 Å². The molecular formula is C24H24F2N6O3. The van der Waals surface area contributed by atoms with Gasteiger partial charge in [-0.15, -0.1) is 0 Å². The van der Waals surface area contributed by atoms with E-state index in [1.807, 2.05) is 18.0 Å². The Hall–Kier alpha value is -4.41. The summed E-state index contributed by atoms with van der Waals surface area (Å²) in [6.45, 7) is 1.47. The van der Waals surface area contributed by atoms with Gasteiger partial charge in [0.25, 0.3) is 11.8 Å². The summed E-state index contributed by atoms with van der Waals surface area (Å²) >= 11 is 0. The van der Waals surface area contributed by atoms with Gasteiger partial charge >= 0.3 is 0 Å². The highest BCUT2D eigenvalue weighted by Crippen LogP contribution is 2.39. The van der Waals surface area contributed by atoms with Crippen molar-refractivity contribution >= 4 is 17.4 Å². The molecule has 0 saturated carbocycles. The predicted molar refractivity (Wildman–Crippen MR) is 128 cm³/mol. The molecule has 0 radical (unpaired) electrons. The minimum Gasteiger partial charge on any atom is -0.504 e. The number of rotatable bonds is 7. The molecule has 35 heavy (non-hydrogen) atoms. The molecule has 9 nitrogen and oxygen atoms in total. The van der Waals surface area contributed by atoms with Gasteiger partial charge in [-0.2, -0.15) is 13.8 Å². The number of nitrogen functional groups attached to an aromatic ring is 1. The third-order valence-corrected chi connectivity index (χ3v) is 5.28. The Morgan fingerprint density at radius 2 is 1.83 bits per heavy atom. The number of halogens is 2. The van der Waals surface area contributed by atoms with Crippen LogP contribution in [0.5, 0.6) is 29.0 Å². The fraction of sp³-hybridized carbons (Fsp3) is 0.208. The summed E-state index contributed by atoms with van der Waals surface area (Å²) in [5.74, 6) is -3.06. The Morgan fingerprint density at radius 3 is 2.46 bits per heavy atom. The second-order valence-corrected chi connectivity index (χ2v) is 8.05. The molecule has 0 spiro atoms. The third-order valence-electron chi connectivity index (χ3n) is 5.28. The van der Waals surface area contributed by atoms with Gasteiger partial charge in [0.15, 0.2) is 11.5 Å². The summed E-state index contributed by atoms with van der Waals surface area (Å²) in [5.41, 5.74) is 6.06. The standard InChI is InChI=1S/C24H24F2N6O3/c1-31(2)20-18(25)23(34-15-6-4-5-14(11-15)22-29-9-10-32(22)3)30-24(19(20)26)35-17-12-13(21(27)28)7-8-16(17)33/h4-8,11-12,33H,9-10H2,1-3H3,(H3,27,28). The zero-order valence-electron chi connectivity index (χ0n) is 19.3. The van der Waals surface area contributed by atoms with Crippen molar-refractivity contribution in [3.8, 4) is 29.0 Å². The van der Waals surface area contributed by atoms with Gasteiger partial charge in [-0.3, -0.25) is 10.4 Å². The number of hydrogen-bond acceptors (Lipinski definition) is 8. The Bertz CT molecular complexity index is 1330. The van der Waals surface area contributed by atoms with E-state index in [1.165, 1.54) is 37.2 Å². The number of likely N-dealkylation sites (N-methyl/N-ethyl adjacent to an activating group) is 1. The lowest BCUT2D eigenvalue weighted by molar-refractivity contribution is 0.362. The SMILES string of the molecule is CN1CCN=C1c1cccc(Oc2nc(Oc3cc(C(=N)N)ccc3O)c(F)c(N(C)C)c2F)c1. The van der Waals surface area contributed by atoms with Crippen molar-refractivity contribution in [3.05, 3.63) is 65.2 Å². The number of amidine groups is 2. The fourth-order valence-electron chi connectivity index (χ4n) is 3.54. The molecule has 0 amide bonds. The average molecular weight is 482 g/mol. The van der Waals surface area contributed by atoms with Crippen LogP contribution in [0, 0.1) is 17.0 Å². The molecule has 3 aromatic rings. The van der Waals surface area contributed by atoms with Crippen LogP contribution in [0.25, 0.3) is 0 Å². The lowest BCUT2D eigenvalue weighted by Crippen LogP contribution is -2.23. The number of hydrogen-bond donors (Lipinski definition) is 3. The molecule has 4 rings (SSSR count). The highest BCUT2D eigenvalue weighted by atomic mass is 19.1.